The minimum Gasteiger partial charge on any atom is -0.372 e. The molecule has 1 saturated heterocycles. The van der Waals surface area contributed by atoms with E-state index in [1.165, 1.54) is 43.1 Å². The average Bonchev–Trinajstić information content (AvgIpc) is 2.56. The summed E-state index contributed by atoms with van der Waals surface area (Å²) >= 11 is 0. The van der Waals surface area contributed by atoms with Crippen molar-refractivity contribution >= 4 is 5.69 Å². The summed E-state index contributed by atoms with van der Waals surface area (Å²) < 4.78 is 27.0. The van der Waals surface area contributed by atoms with Crippen LogP contribution in [0.15, 0.2) is 42.5 Å². The van der Waals surface area contributed by atoms with Gasteiger partial charge in [0.05, 0.1) is 5.56 Å². The van der Waals surface area contributed by atoms with E-state index < -0.39 is 11.6 Å². The molecular weight excluding hydrogens is 280 g/mol. The Kier molecular flexibility index (Phi) is 4.39. The summed E-state index contributed by atoms with van der Waals surface area (Å²) in [7, 11) is 0. The summed E-state index contributed by atoms with van der Waals surface area (Å²) in [5.74, 6) is 4.15. The molecule has 1 aliphatic rings. The fraction of sp³-hybridized carbons (Fsp3) is 0.263. The molecule has 3 rings (SSSR count). The third-order valence-corrected chi connectivity index (χ3v) is 3.88. The van der Waals surface area contributed by atoms with E-state index >= 15 is 0 Å². The Balaban J connectivity index is 1.78. The minimum atomic E-state index is -0.627. The molecule has 22 heavy (non-hydrogen) atoms. The van der Waals surface area contributed by atoms with Gasteiger partial charge in [0.2, 0.25) is 0 Å². The van der Waals surface area contributed by atoms with Crippen LogP contribution in [0.1, 0.15) is 30.4 Å². The summed E-state index contributed by atoms with van der Waals surface area (Å²) in [6, 6.07) is 11.6. The molecule has 0 spiro atoms. The van der Waals surface area contributed by atoms with E-state index in [9.17, 15) is 8.78 Å². The van der Waals surface area contributed by atoms with Crippen LogP contribution < -0.4 is 4.90 Å². The Labute approximate surface area is 129 Å². The summed E-state index contributed by atoms with van der Waals surface area (Å²) in [4.78, 5) is 2.36. The molecule has 2 aromatic carbocycles. The molecule has 0 aliphatic carbocycles. The first kappa shape index (κ1) is 14.6. The molecule has 0 aromatic heterocycles. The van der Waals surface area contributed by atoms with Crippen LogP contribution in [0.3, 0.4) is 0 Å². The smallest absolute Gasteiger partial charge is 0.141 e. The number of rotatable bonds is 1. The highest BCUT2D eigenvalue weighted by Crippen LogP contribution is 2.20. The highest BCUT2D eigenvalue weighted by molar-refractivity contribution is 5.52. The molecule has 0 atom stereocenters. The maximum absolute atomic E-state index is 13.5. The summed E-state index contributed by atoms with van der Waals surface area (Å²) in [6.45, 7) is 2.18. The molecule has 1 nitrogen and oxygen atoms in total. The van der Waals surface area contributed by atoms with Crippen LogP contribution in [0.25, 0.3) is 0 Å². The lowest BCUT2D eigenvalue weighted by atomic mass is 10.1. The number of hydrogen-bond donors (Lipinski definition) is 0. The molecule has 0 amide bonds. The van der Waals surface area contributed by atoms with Gasteiger partial charge in [0.1, 0.15) is 11.6 Å². The van der Waals surface area contributed by atoms with Crippen LogP contribution in [-0.4, -0.2) is 13.1 Å². The molecular formula is C19H17F2N. The number of halogens is 2. The zero-order chi connectivity index (χ0) is 15.4. The summed E-state index contributed by atoms with van der Waals surface area (Å²) in [5, 5.41) is 0. The molecule has 112 valence electrons. The molecule has 0 unspecified atom stereocenters. The maximum Gasteiger partial charge on any atom is 0.141 e. The van der Waals surface area contributed by atoms with Gasteiger partial charge in [0, 0.05) is 24.3 Å². The SMILES string of the molecule is Fc1cccc(F)c1C#Cc1ccc(N2CCCCC2)cc1. The molecule has 1 aliphatic heterocycles. The fourth-order valence-electron chi connectivity index (χ4n) is 2.66. The van der Waals surface area contributed by atoms with Crippen molar-refractivity contribution in [2.24, 2.45) is 0 Å². The van der Waals surface area contributed by atoms with Gasteiger partial charge >= 0.3 is 0 Å². The highest BCUT2D eigenvalue weighted by atomic mass is 19.1. The number of hydrogen-bond acceptors (Lipinski definition) is 1. The third-order valence-electron chi connectivity index (χ3n) is 3.88. The molecule has 0 saturated carbocycles. The topological polar surface area (TPSA) is 3.24 Å². The summed E-state index contributed by atoms with van der Waals surface area (Å²) in [6.07, 6.45) is 3.76. The van der Waals surface area contributed by atoms with Crippen LogP contribution in [0.2, 0.25) is 0 Å². The summed E-state index contributed by atoms with van der Waals surface area (Å²) in [5.41, 5.74) is 1.76. The zero-order valence-electron chi connectivity index (χ0n) is 12.3. The van der Waals surface area contributed by atoms with Crippen LogP contribution >= 0.6 is 0 Å². The number of nitrogens with zero attached hydrogens (tertiary/aromatic N) is 1. The van der Waals surface area contributed by atoms with Crippen LogP contribution in [0.5, 0.6) is 0 Å². The van der Waals surface area contributed by atoms with E-state index in [0.717, 1.165) is 18.7 Å². The van der Waals surface area contributed by atoms with Gasteiger partial charge in [-0.05, 0) is 55.7 Å². The van der Waals surface area contributed by atoms with Crippen LogP contribution in [0, 0.1) is 23.5 Å². The van der Waals surface area contributed by atoms with E-state index in [4.69, 9.17) is 0 Å². The predicted octanol–water partition coefficient (Wildman–Crippen LogP) is 4.35. The molecule has 0 N–H and O–H groups in total. The predicted molar refractivity (Wildman–Crippen MR) is 84.8 cm³/mol. The second-order valence-corrected chi connectivity index (χ2v) is 5.44. The van der Waals surface area contributed by atoms with E-state index in [1.54, 1.807) is 0 Å². The van der Waals surface area contributed by atoms with Crippen molar-refractivity contribution in [3.63, 3.8) is 0 Å². The lowest BCUT2D eigenvalue weighted by Crippen LogP contribution is -2.29. The largest absolute Gasteiger partial charge is 0.372 e. The van der Waals surface area contributed by atoms with Crippen LogP contribution in [-0.2, 0) is 0 Å². The van der Waals surface area contributed by atoms with Gasteiger partial charge in [0.15, 0.2) is 0 Å². The zero-order valence-corrected chi connectivity index (χ0v) is 12.3. The van der Waals surface area contributed by atoms with E-state index in [2.05, 4.69) is 16.7 Å². The van der Waals surface area contributed by atoms with Crippen molar-refractivity contribution < 1.29 is 8.78 Å². The number of anilines is 1. The Morgan fingerprint density at radius 2 is 1.41 bits per heavy atom. The van der Waals surface area contributed by atoms with E-state index in [-0.39, 0.29) is 5.56 Å². The molecule has 0 radical (unpaired) electrons. The molecule has 0 bridgehead atoms. The molecule has 1 heterocycles. The third kappa shape index (κ3) is 3.28. The van der Waals surface area contributed by atoms with Crippen molar-refractivity contribution in [3.8, 4) is 11.8 Å². The fourth-order valence-corrected chi connectivity index (χ4v) is 2.66. The molecule has 3 heteroatoms. The Hall–Kier alpha value is -2.34. The van der Waals surface area contributed by atoms with Gasteiger partial charge in [0.25, 0.3) is 0 Å². The standard InChI is InChI=1S/C19H17F2N/c20-18-5-4-6-19(21)17(18)12-9-15-7-10-16(11-8-15)22-13-2-1-3-14-22/h4-8,10-11H,1-3,13-14H2. The normalized spacial score (nSPS) is 14.4. The number of benzene rings is 2. The second kappa shape index (κ2) is 6.62. The monoisotopic (exact) mass is 297 g/mol. The quantitative estimate of drug-likeness (QED) is 0.707. The van der Waals surface area contributed by atoms with Gasteiger partial charge in [-0.2, -0.15) is 0 Å². The van der Waals surface area contributed by atoms with Gasteiger partial charge in [-0.1, -0.05) is 17.9 Å². The van der Waals surface area contributed by atoms with Crippen molar-refractivity contribution in [1.29, 1.82) is 0 Å². The van der Waals surface area contributed by atoms with Gasteiger partial charge in [-0.15, -0.1) is 0 Å². The van der Waals surface area contributed by atoms with Gasteiger partial charge in [-0.3, -0.25) is 0 Å². The maximum atomic E-state index is 13.5. The Morgan fingerprint density at radius 3 is 2.05 bits per heavy atom. The lowest BCUT2D eigenvalue weighted by molar-refractivity contribution is 0.577. The van der Waals surface area contributed by atoms with Crippen molar-refractivity contribution in [1.82, 2.24) is 0 Å². The Bertz CT molecular complexity index is 684. The lowest BCUT2D eigenvalue weighted by Gasteiger charge is -2.28. The average molecular weight is 297 g/mol. The van der Waals surface area contributed by atoms with Gasteiger partial charge < -0.3 is 4.90 Å². The van der Waals surface area contributed by atoms with Gasteiger partial charge in [-0.25, -0.2) is 8.78 Å². The highest BCUT2D eigenvalue weighted by Gasteiger charge is 2.10. The first-order valence-corrected chi connectivity index (χ1v) is 7.55. The minimum absolute atomic E-state index is 0.178. The Morgan fingerprint density at radius 1 is 0.773 bits per heavy atom. The first-order chi connectivity index (χ1) is 10.7. The van der Waals surface area contributed by atoms with Crippen molar-refractivity contribution in [2.75, 3.05) is 18.0 Å². The van der Waals surface area contributed by atoms with Crippen molar-refractivity contribution in [3.05, 3.63) is 65.2 Å². The first-order valence-electron chi connectivity index (χ1n) is 7.55. The molecule has 2 aromatic rings. The van der Waals surface area contributed by atoms with Crippen LogP contribution in [0.4, 0.5) is 14.5 Å². The number of piperidine rings is 1. The molecule has 1 fully saturated rings. The second-order valence-electron chi connectivity index (χ2n) is 5.44. The van der Waals surface area contributed by atoms with Crippen molar-refractivity contribution in [2.45, 2.75) is 19.3 Å². The van der Waals surface area contributed by atoms with E-state index in [0.29, 0.717) is 0 Å². The van der Waals surface area contributed by atoms with E-state index in [1.807, 2.05) is 24.3 Å².